The first-order chi connectivity index (χ1) is 63.7. The van der Waals surface area contributed by atoms with E-state index in [-0.39, 0.29) is 147 Å². The maximum atomic E-state index is 12.8. The number of hydrogen-bond donors (Lipinski definition) is 12. The summed E-state index contributed by atoms with van der Waals surface area (Å²) in [7, 11) is -7.33. The van der Waals surface area contributed by atoms with Gasteiger partial charge in [0.05, 0.1) is 143 Å². The van der Waals surface area contributed by atoms with E-state index in [1.807, 2.05) is 0 Å². The largest absolute Gasteiger partial charge is 0.479 e. The highest BCUT2D eigenvalue weighted by Crippen LogP contribution is 2.44. The molecule has 0 aliphatic carbocycles. The molecule has 0 amide bonds. The van der Waals surface area contributed by atoms with Crippen LogP contribution in [0, 0.1) is 59.4 Å². The van der Waals surface area contributed by atoms with Crippen LogP contribution in [0.15, 0.2) is 146 Å². The standard InChI is InChI=1S/C35H25N21O7S4.C35H29N17O13S2/c1-13-19(12-36)29(55(49-13)34-40-20-8-6-17(66-63-62-58)10-22(20)64-34)47-45-24-14(2)50-53(27(24)37)31-42-32(44-33(57)43-31)54-28(38)25(15(3)51-54)46-48-30-26(39-5)16(4)52-56(30)35-41-21-9-7-18(67(59,60)61)11-23(21)65-35;1-13-23(43-45-27-21(66-65-64-3)11-38-49(27)19-7-15(29(53)54)5-16(8-19)30(55)56)25(36)51(47-13)33-40-34(42-35(61)41-33)52-26(37)24(14(2)48-52)44-46-28-22(67(4,62)63)12-39-50(28)20-9-17(31(57)58)6-18(10-20)32(59)60/h6-11,58H,37-38H2,1-4H3,(H,59,60,61)(H,42,43,44,57);5-12H,36-37H2,1-4H3,(H,53,54)(H,55,56)(H,57,58)(H,59,60)(H,40,41,42,61). The molecular weight excluding hydrogens is 1890 g/mol. The molecule has 4 aromatic carbocycles. The molecule has 0 aliphatic rings. The zero-order chi connectivity index (χ0) is 96.1. The van der Waals surface area contributed by atoms with E-state index in [0.717, 1.165) is 105 Å². The number of nitriles is 1. The van der Waals surface area contributed by atoms with Crippen molar-refractivity contribution in [3.8, 4) is 63.5 Å². The van der Waals surface area contributed by atoms with Crippen molar-refractivity contribution in [1.29, 1.82) is 5.26 Å². The lowest BCUT2D eigenvalue weighted by Crippen LogP contribution is -2.13. The fraction of sp³-hybridized carbons (Fsp3) is 0.114. The van der Waals surface area contributed by atoms with Crippen LogP contribution in [0.4, 0.5) is 75.0 Å². The minimum atomic E-state index is -4.48. The number of carboxylic acid groups (broad SMARTS) is 4. The normalized spacial score (nSPS) is 11.9. The maximum Gasteiger partial charge on any atom is 0.335 e. The van der Waals surface area contributed by atoms with Gasteiger partial charge >= 0.3 is 35.9 Å². The van der Waals surface area contributed by atoms with Gasteiger partial charge in [0.2, 0.25) is 10.3 Å². The number of azo groups is 4. The van der Waals surface area contributed by atoms with Crippen LogP contribution in [0.1, 0.15) is 81.2 Å². The molecule has 0 spiro atoms. The van der Waals surface area contributed by atoms with E-state index >= 15 is 0 Å². The molecule has 0 atom stereocenters. The molecule has 0 saturated heterocycles. The molecule has 134 heavy (non-hydrogen) atoms. The smallest absolute Gasteiger partial charge is 0.335 e. The van der Waals surface area contributed by atoms with Gasteiger partial charge in [-0.1, -0.05) is 27.7 Å². The molecular formula is C70H54N38O20S6. The summed E-state index contributed by atoms with van der Waals surface area (Å²) >= 11 is 3.70. The average Bonchev–Trinajstić information content (AvgIpc) is 1.60. The Balaban J connectivity index is 0.000000204. The van der Waals surface area contributed by atoms with Gasteiger partial charge in [-0.15, -0.1) is 45.2 Å². The average molecular weight is 1940 g/mol. The Kier molecular flexibility index (Phi) is 24.8. The molecule has 16 rings (SSSR count). The topological polar surface area (TPSA) is 812 Å². The van der Waals surface area contributed by atoms with E-state index in [2.05, 4.69) is 147 Å². The number of nitrogens with zero attached hydrogens (tertiary/aromatic N) is 34. The number of rotatable bonds is 28. The second kappa shape index (κ2) is 36.4. The number of carboxylic acids is 4. The van der Waals surface area contributed by atoms with Crippen LogP contribution >= 0.6 is 46.8 Å². The molecule has 0 fully saturated rings. The summed E-state index contributed by atoms with van der Waals surface area (Å²) in [5.74, 6) is -8.49. The molecule has 680 valence electrons. The Morgan fingerprint density at radius 3 is 1.30 bits per heavy atom. The number of aromatic nitrogens is 24. The summed E-state index contributed by atoms with van der Waals surface area (Å²) in [4.78, 5) is 89.1. The number of nitrogens with two attached hydrogens (primary N) is 4. The minimum absolute atomic E-state index is 0.0218. The van der Waals surface area contributed by atoms with Gasteiger partial charge < -0.3 is 53.6 Å². The first-order valence-corrected chi connectivity index (χ1v) is 43.0. The fourth-order valence-electron chi connectivity index (χ4n) is 12.2. The second-order valence-electron chi connectivity index (χ2n) is 27.1. The Hall–Kier alpha value is -17.2. The highest BCUT2D eigenvalue weighted by molar-refractivity contribution is 7.95. The number of aryl methyl sites for hydroxylation is 6. The van der Waals surface area contributed by atoms with Gasteiger partial charge in [-0.25, -0.2) is 61.9 Å². The summed E-state index contributed by atoms with van der Waals surface area (Å²) in [6, 6.07) is 15.8. The summed E-state index contributed by atoms with van der Waals surface area (Å²) in [5.41, 5.74) is 26.4. The zero-order valence-electron chi connectivity index (χ0n) is 68.5. The van der Waals surface area contributed by atoms with Crippen LogP contribution in [0.5, 0.6) is 12.0 Å². The first-order valence-electron chi connectivity index (χ1n) is 36.6. The van der Waals surface area contributed by atoms with E-state index in [4.69, 9.17) is 39.1 Å². The fourth-order valence-corrected chi connectivity index (χ4v) is 16.3. The number of anilines is 4. The van der Waals surface area contributed by atoms with Crippen molar-refractivity contribution < 1.29 is 95.1 Å². The second-order valence-corrected chi connectivity index (χ2v) is 34.0. The monoisotopic (exact) mass is 1940 g/mol. The van der Waals surface area contributed by atoms with Gasteiger partial charge in [0.1, 0.15) is 21.4 Å². The number of aromatic hydroxyl groups is 2. The molecule has 64 heteroatoms. The highest BCUT2D eigenvalue weighted by atomic mass is 32.2. The number of carbonyl (C=O) groups is 4. The molecule has 12 aromatic heterocycles. The molecule has 58 nitrogen and oxygen atoms in total. The number of hydrogen-bond acceptors (Lipinski definition) is 48. The van der Waals surface area contributed by atoms with Crippen molar-refractivity contribution in [2.24, 2.45) is 40.9 Å². The van der Waals surface area contributed by atoms with Crippen molar-refractivity contribution in [2.45, 2.75) is 61.1 Å². The van der Waals surface area contributed by atoms with Gasteiger partial charge in [-0.05, 0) is 114 Å². The number of nitrogen functional groups attached to an aromatic ring is 4. The number of benzene rings is 4. The zero-order valence-corrected chi connectivity index (χ0v) is 73.4. The van der Waals surface area contributed by atoms with Gasteiger partial charge in [0.15, 0.2) is 79.1 Å². The number of sulfone groups is 1. The summed E-state index contributed by atoms with van der Waals surface area (Å²) in [6.45, 7) is 17.1. The first kappa shape index (κ1) is 91.5. The van der Waals surface area contributed by atoms with Crippen LogP contribution in [0.2, 0.25) is 0 Å². The lowest BCUT2D eigenvalue weighted by molar-refractivity contribution is -0.432. The van der Waals surface area contributed by atoms with E-state index in [1.54, 1.807) is 45.9 Å². The molecule has 0 radical (unpaired) electrons. The minimum Gasteiger partial charge on any atom is -0.479 e. The SMILES string of the molecule is COOSc1cnn(-c2cc(C(=O)O)cc(C(=O)O)c2)c1N=Nc1c(C)nn(-c2nc(O)nc(-n3nc(C)c(N=Nc4c(S(C)(=O)=O)cnn4-c4cc(C(=O)O)cc(C(=O)O)c4)c3N)n2)c1N.[C-]#[N+]c1c(C)nn(-c2nc3ccc(S(=O)(=O)O)cc3s2)c1N=Nc1c(C)nn(-c2nc(O)nc(-n3nc(C)c(N=Nc4c(C#N)c(C)nn4-c4nc5ccc(SOOO)cc5s4)c3N)n2)c1N. The van der Waals surface area contributed by atoms with Gasteiger partial charge in [0, 0.05) is 11.2 Å². The lowest BCUT2D eigenvalue weighted by Gasteiger charge is -2.08. The predicted molar refractivity (Wildman–Crippen MR) is 461 cm³/mol. The van der Waals surface area contributed by atoms with E-state index in [0.29, 0.717) is 49.2 Å². The quantitative estimate of drug-likeness (QED) is 0.00541. The number of thiazole rings is 2. The summed E-state index contributed by atoms with van der Waals surface area (Å²) in [6.07, 6.45) is 3.02. The Bertz CT molecular complexity index is 8000. The lowest BCUT2D eigenvalue weighted by atomic mass is 10.1. The molecule has 16 N–H and O–H groups in total. The van der Waals surface area contributed by atoms with Crippen molar-refractivity contribution in [3.05, 3.63) is 159 Å². The van der Waals surface area contributed by atoms with Crippen LogP contribution in [-0.4, -0.2) is 213 Å². The maximum absolute atomic E-state index is 12.8. The Morgan fingerprint density at radius 1 is 0.485 bits per heavy atom. The third-order valence-corrected chi connectivity index (χ3v) is 23.5. The van der Waals surface area contributed by atoms with Crippen molar-refractivity contribution in [1.82, 2.24) is 118 Å². The molecule has 0 saturated carbocycles. The third kappa shape index (κ3) is 18.1. The number of fused-ring (bicyclic) bond motifs is 2. The van der Waals surface area contributed by atoms with Crippen LogP contribution < -0.4 is 22.9 Å². The molecule has 12 heterocycles. The van der Waals surface area contributed by atoms with E-state index in [9.17, 15) is 76.5 Å². The van der Waals surface area contributed by atoms with Crippen LogP contribution in [0.3, 0.4) is 0 Å². The Labute approximate surface area is 760 Å². The predicted octanol–water partition coefficient (Wildman–Crippen LogP) is 10.6. The van der Waals surface area contributed by atoms with Gasteiger partial charge in [0.25, 0.3) is 39.6 Å². The van der Waals surface area contributed by atoms with E-state index in [1.165, 1.54) is 66.1 Å². The summed E-state index contributed by atoms with van der Waals surface area (Å²) in [5, 5.41) is 151. The van der Waals surface area contributed by atoms with Gasteiger partial charge in [-0.2, -0.15) is 117 Å². The molecule has 0 unspecified atom stereocenters. The van der Waals surface area contributed by atoms with Crippen molar-refractivity contribution in [2.75, 3.05) is 36.3 Å². The van der Waals surface area contributed by atoms with Crippen LogP contribution in [0.25, 0.3) is 70.7 Å². The molecule has 0 bridgehead atoms. The van der Waals surface area contributed by atoms with E-state index < -0.39 is 89.6 Å². The third-order valence-electron chi connectivity index (χ3n) is 18.3. The highest BCUT2D eigenvalue weighted by Gasteiger charge is 2.31. The van der Waals surface area contributed by atoms with Crippen molar-refractivity contribution in [3.63, 3.8) is 0 Å². The Morgan fingerprint density at radius 2 is 0.881 bits per heavy atom. The van der Waals surface area contributed by atoms with Crippen molar-refractivity contribution >= 4 is 186 Å². The number of aromatic carboxylic acids is 4. The van der Waals surface area contributed by atoms with Crippen LogP contribution in [-0.2, 0) is 38.5 Å². The molecule has 16 aromatic rings. The van der Waals surface area contributed by atoms with Gasteiger partial charge in [-0.3, -0.25) is 4.55 Å². The molecule has 0 aliphatic heterocycles. The summed E-state index contributed by atoms with van der Waals surface area (Å²) < 4.78 is 77.8.